The van der Waals surface area contributed by atoms with Gasteiger partial charge in [0.15, 0.2) is 0 Å². The molecule has 112 valence electrons. The van der Waals surface area contributed by atoms with Gasteiger partial charge >= 0.3 is 0 Å². The van der Waals surface area contributed by atoms with Crippen LogP contribution in [0.3, 0.4) is 0 Å². The zero-order valence-corrected chi connectivity index (χ0v) is 13.7. The van der Waals surface area contributed by atoms with E-state index in [0.717, 1.165) is 21.2 Å². The van der Waals surface area contributed by atoms with Crippen molar-refractivity contribution in [3.05, 3.63) is 57.3 Å². The maximum absolute atomic E-state index is 12.7. The van der Waals surface area contributed by atoms with Crippen LogP contribution in [0.2, 0.25) is 10.0 Å². The summed E-state index contributed by atoms with van der Waals surface area (Å²) >= 11 is 12.7. The van der Waals surface area contributed by atoms with Gasteiger partial charge in [0.1, 0.15) is 17.7 Å². The standard InChI is InChI=1S/C8H5ClFN.C7H5ClN2S/c1-5-2-6(4-11)8(10)3-7(5)9;8-4-1-2-5-6(3-4)11-10-7(5)9/h2-3H,1H3;1-3H,(H2,9,10). The predicted molar refractivity (Wildman–Crippen MR) is 89.9 cm³/mol. The van der Waals surface area contributed by atoms with Gasteiger partial charge in [0, 0.05) is 15.4 Å². The Kier molecular flexibility index (Phi) is 5.19. The van der Waals surface area contributed by atoms with Crippen molar-refractivity contribution >= 4 is 50.6 Å². The summed E-state index contributed by atoms with van der Waals surface area (Å²) in [7, 11) is 0. The first kappa shape index (κ1) is 16.5. The van der Waals surface area contributed by atoms with E-state index in [1.54, 1.807) is 13.0 Å². The van der Waals surface area contributed by atoms with Crippen LogP contribution in [0, 0.1) is 24.1 Å². The van der Waals surface area contributed by atoms with Gasteiger partial charge in [-0.05, 0) is 54.4 Å². The molecule has 7 heteroatoms. The van der Waals surface area contributed by atoms with E-state index in [4.69, 9.17) is 34.2 Å². The van der Waals surface area contributed by atoms with E-state index in [1.807, 2.05) is 18.2 Å². The molecular formula is C15H10Cl2FN3S. The van der Waals surface area contributed by atoms with Crippen LogP contribution >= 0.6 is 34.7 Å². The van der Waals surface area contributed by atoms with Gasteiger partial charge in [0.25, 0.3) is 0 Å². The summed E-state index contributed by atoms with van der Waals surface area (Å²) < 4.78 is 17.8. The van der Waals surface area contributed by atoms with Crippen LogP contribution in [0.1, 0.15) is 11.1 Å². The summed E-state index contributed by atoms with van der Waals surface area (Å²) in [6.45, 7) is 1.72. The Balaban J connectivity index is 0.000000160. The molecule has 1 aromatic heterocycles. The average molecular weight is 354 g/mol. The van der Waals surface area contributed by atoms with E-state index in [9.17, 15) is 4.39 Å². The fraction of sp³-hybridized carbons (Fsp3) is 0.0667. The van der Waals surface area contributed by atoms with Crippen LogP contribution in [-0.4, -0.2) is 4.37 Å². The molecule has 0 aliphatic rings. The Hall–Kier alpha value is -1.87. The molecule has 0 atom stereocenters. The van der Waals surface area contributed by atoms with E-state index in [0.29, 0.717) is 16.4 Å². The number of aryl methyl sites for hydroxylation is 1. The van der Waals surface area contributed by atoms with Gasteiger partial charge in [-0.15, -0.1) is 0 Å². The molecule has 0 unspecified atom stereocenters. The van der Waals surface area contributed by atoms with Crippen molar-refractivity contribution in [2.24, 2.45) is 0 Å². The number of nitriles is 1. The van der Waals surface area contributed by atoms with Crippen molar-refractivity contribution in [2.75, 3.05) is 5.73 Å². The van der Waals surface area contributed by atoms with Gasteiger partial charge in [-0.1, -0.05) is 23.2 Å². The third-order valence-electron chi connectivity index (χ3n) is 2.83. The highest BCUT2D eigenvalue weighted by Crippen LogP contribution is 2.26. The molecular weight excluding hydrogens is 344 g/mol. The average Bonchev–Trinajstić information content (AvgIpc) is 2.84. The van der Waals surface area contributed by atoms with Crippen molar-refractivity contribution in [2.45, 2.75) is 6.92 Å². The Morgan fingerprint density at radius 1 is 1.27 bits per heavy atom. The molecule has 0 aliphatic carbocycles. The predicted octanol–water partition coefficient (Wildman–Crippen LogP) is 5.19. The Morgan fingerprint density at radius 3 is 2.68 bits per heavy atom. The lowest BCUT2D eigenvalue weighted by Gasteiger charge is -1.97. The maximum atomic E-state index is 12.7. The molecule has 3 aromatic rings. The second-order valence-corrected chi connectivity index (χ2v) is 6.05. The first-order chi connectivity index (χ1) is 10.4. The number of benzene rings is 2. The van der Waals surface area contributed by atoms with Crippen molar-refractivity contribution in [3.8, 4) is 6.07 Å². The molecule has 0 bridgehead atoms. The number of hydrogen-bond donors (Lipinski definition) is 1. The third-order valence-corrected chi connectivity index (χ3v) is 4.30. The van der Waals surface area contributed by atoms with Gasteiger partial charge in [0.05, 0.1) is 10.3 Å². The molecule has 0 fully saturated rings. The molecule has 3 nitrogen and oxygen atoms in total. The number of aromatic nitrogens is 1. The Morgan fingerprint density at radius 2 is 2.00 bits per heavy atom. The fourth-order valence-corrected chi connectivity index (χ4v) is 2.81. The largest absolute Gasteiger partial charge is 0.382 e. The highest BCUT2D eigenvalue weighted by Gasteiger charge is 2.04. The minimum absolute atomic E-state index is 0.0342. The smallest absolute Gasteiger partial charge is 0.144 e. The van der Waals surface area contributed by atoms with E-state index in [2.05, 4.69) is 4.37 Å². The topological polar surface area (TPSA) is 62.7 Å². The minimum Gasteiger partial charge on any atom is -0.382 e. The zero-order valence-electron chi connectivity index (χ0n) is 11.4. The molecule has 0 radical (unpaired) electrons. The summed E-state index contributed by atoms with van der Waals surface area (Å²) in [6, 6.07) is 9.87. The SMILES string of the molecule is Cc1cc(C#N)c(F)cc1Cl.Nc1nsc2cc(Cl)ccc12. The number of hydrogen-bond acceptors (Lipinski definition) is 4. The van der Waals surface area contributed by atoms with Crippen molar-refractivity contribution in [1.29, 1.82) is 5.26 Å². The van der Waals surface area contributed by atoms with Crippen molar-refractivity contribution in [1.82, 2.24) is 4.37 Å². The fourth-order valence-electron chi connectivity index (χ4n) is 1.67. The number of nitrogens with two attached hydrogens (primary N) is 1. The monoisotopic (exact) mass is 353 g/mol. The van der Waals surface area contributed by atoms with E-state index >= 15 is 0 Å². The highest BCUT2D eigenvalue weighted by molar-refractivity contribution is 7.13. The number of fused-ring (bicyclic) bond motifs is 1. The summed E-state index contributed by atoms with van der Waals surface area (Å²) in [5.74, 6) is 0.0183. The van der Waals surface area contributed by atoms with Gasteiger partial charge < -0.3 is 5.73 Å². The number of halogens is 3. The minimum atomic E-state index is -0.567. The van der Waals surface area contributed by atoms with Crippen LogP contribution in [-0.2, 0) is 0 Å². The third kappa shape index (κ3) is 3.66. The lowest BCUT2D eigenvalue weighted by atomic mass is 10.1. The molecule has 0 amide bonds. The molecule has 2 aromatic carbocycles. The number of nitrogen functional groups attached to an aromatic ring is 1. The lowest BCUT2D eigenvalue weighted by Crippen LogP contribution is -1.85. The van der Waals surface area contributed by atoms with Gasteiger partial charge in [-0.2, -0.15) is 9.64 Å². The summed E-state index contributed by atoms with van der Waals surface area (Å²) in [5, 5.41) is 10.5. The first-order valence-electron chi connectivity index (χ1n) is 6.08. The van der Waals surface area contributed by atoms with Crippen LogP contribution in [0.4, 0.5) is 10.2 Å². The maximum Gasteiger partial charge on any atom is 0.144 e. The van der Waals surface area contributed by atoms with Gasteiger partial charge in [-0.25, -0.2) is 4.39 Å². The Labute approximate surface area is 140 Å². The molecule has 0 aliphatic heterocycles. The van der Waals surface area contributed by atoms with Crippen molar-refractivity contribution in [3.63, 3.8) is 0 Å². The second kappa shape index (κ2) is 6.93. The molecule has 0 saturated carbocycles. The van der Waals surface area contributed by atoms with E-state index in [-0.39, 0.29) is 5.56 Å². The zero-order chi connectivity index (χ0) is 16.3. The molecule has 2 N–H and O–H groups in total. The van der Waals surface area contributed by atoms with Gasteiger partial charge in [0.2, 0.25) is 0 Å². The van der Waals surface area contributed by atoms with Crippen LogP contribution in [0.5, 0.6) is 0 Å². The molecule has 22 heavy (non-hydrogen) atoms. The number of anilines is 1. The van der Waals surface area contributed by atoms with Crippen LogP contribution in [0.25, 0.3) is 10.1 Å². The first-order valence-corrected chi connectivity index (χ1v) is 7.61. The summed E-state index contributed by atoms with van der Waals surface area (Å²) in [4.78, 5) is 0. The molecule has 3 rings (SSSR count). The van der Waals surface area contributed by atoms with Crippen LogP contribution in [0.15, 0.2) is 30.3 Å². The summed E-state index contributed by atoms with van der Waals surface area (Å²) in [5.41, 5.74) is 6.33. The lowest BCUT2D eigenvalue weighted by molar-refractivity contribution is 0.623. The molecule has 0 saturated heterocycles. The highest BCUT2D eigenvalue weighted by atomic mass is 35.5. The summed E-state index contributed by atoms with van der Waals surface area (Å²) in [6.07, 6.45) is 0. The van der Waals surface area contributed by atoms with Crippen LogP contribution < -0.4 is 5.73 Å². The van der Waals surface area contributed by atoms with E-state index < -0.39 is 5.82 Å². The van der Waals surface area contributed by atoms with Crippen molar-refractivity contribution < 1.29 is 4.39 Å². The Bertz CT molecular complexity index is 871. The second-order valence-electron chi connectivity index (χ2n) is 4.40. The van der Waals surface area contributed by atoms with E-state index in [1.165, 1.54) is 17.6 Å². The number of rotatable bonds is 0. The van der Waals surface area contributed by atoms with Gasteiger partial charge in [-0.3, -0.25) is 0 Å². The quantitative estimate of drug-likeness (QED) is 0.604. The molecule has 1 heterocycles. The number of nitrogens with zero attached hydrogens (tertiary/aromatic N) is 2. The normalized spacial score (nSPS) is 9.95. The molecule has 0 spiro atoms.